The molecular weight excluding hydrogens is 370 g/mol. The second-order valence-corrected chi connectivity index (χ2v) is 6.75. The molecule has 152 valence electrons. The highest BCUT2D eigenvalue weighted by Gasteiger charge is 2.19. The number of nitrogens with zero attached hydrogens (tertiary/aromatic N) is 1. The number of hydrogen-bond acceptors (Lipinski definition) is 5. The molecule has 2 aromatic carbocycles. The van der Waals surface area contributed by atoms with Crippen LogP contribution in [0.2, 0.25) is 0 Å². The fraction of sp³-hybridized carbons (Fsp3) is 0.273. The van der Waals surface area contributed by atoms with Gasteiger partial charge in [-0.2, -0.15) is 5.10 Å². The first kappa shape index (κ1) is 20.4. The molecule has 0 saturated heterocycles. The van der Waals surface area contributed by atoms with E-state index in [-0.39, 0.29) is 11.9 Å². The number of ether oxygens (including phenoxy) is 2. The highest BCUT2D eigenvalue weighted by atomic mass is 16.5. The Bertz CT molecular complexity index is 997. The van der Waals surface area contributed by atoms with Crippen molar-refractivity contribution in [3.05, 3.63) is 65.5 Å². The van der Waals surface area contributed by atoms with Crippen molar-refractivity contribution >= 4 is 5.91 Å². The third-order valence-corrected chi connectivity index (χ3v) is 4.76. The van der Waals surface area contributed by atoms with Gasteiger partial charge < -0.3 is 19.9 Å². The van der Waals surface area contributed by atoms with E-state index in [2.05, 4.69) is 15.5 Å². The van der Waals surface area contributed by atoms with Gasteiger partial charge >= 0.3 is 0 Å². The summed E-state index contributed by atoms with van der Waals surface area (Å²) >= 11 is 0. The largest absolute Gasteiger partial charge is 0.497 e. The van der Waals surface area contributed by atoms with Gasteiger partial charge in [0.25, 0.3) is 5.91 Å². The zero-order valence-electron chi connectivity index (χ0n) is 16.9. The standard InChI is InChI=1S/C22H25N3O4/c1-13(15-6-5-7-17(10-15)28-3)24-22(27)18-9-8-16(11-20(18)29-4)19-12-23-25-21(19)14(2)26/h5-14,26H,1-4H3,(H,23,25)(H,24,27)/t13-,14?/m1/s1. The van der Waals surface area contributed by atoms with Gasteiger partial charge in [0, 0.05) is 11.8 Å². The lowest BCUT2D eigenvalue weighted by Crippen LogP contribution is -2.27. The van der Waals surface area contributed by atoms with E-state index in [1.165, 1.54) is 7.11 Å². The number of carbonyl (C=O) groups is 1. The topological polar surface area (TPSA) is 96.5 Å². The van der Waals surface area contributed by atoms with Crippen LogP contribution < -0.4 is 14.8 Å². The van der Waals surface area contributed by atoms with Crippen LogP contribution in [0.4, 0.5) is 0 Å². The summed E-state index contributed by atoms with van der Waals surface area (Å²) in [5.74, 6) is 0.932. The number of nitrogens with one attached hydrogen (secondary N) is 2. The molecule has 3 rings (SSSR count). The Morgan fingerprint density at radius 3 is 2.62 bits per heavy atom. The Morgan fingerprint density at radius 2 is 1.93 bits per heavy atom. The Morgan fingerprint density at radius 1 is 1.14 bits per heavy atom. The second kappa shape index (κ2) is 8.79. The van der Waals surface area contributed by atoms with E-state index in [1.54, 1.807) is 32.4 Å². The van der Waals surface area contributed by atoms with Crippen LogP contribution >= 0.6 is 0 Å². The maximum atomic E-state index is 12.9. The number of aromatic amines is 1. The number of amides is 1. The van der Waals surface area contributed by atoms with Crippen molar-refractivity contribution in [2.75, 3.05) is 14.2 Å². The van der Waals surface area contributed by atoms with Gasteiger partial charge in [-0.05, 0) is 49.2 Å². The predicted molar refractivity (Wildman–Crippen MR) is 110 cm³/mol. The average molecular weight is 395 g/mol. The summed E-state index contributed by atoms with van der Waals surface area (Å²) in [5, 5.41) is 19.7. The maximum Gasteiger partial charge on any atom is 0.255 e. The molecule has 0 aliphatic heterocycles. The molecule has 0 saturated carbocycles. The van der Waals surface area contributed by atoms with Crippen LogP contribution in [0, 0.1) is 0 Å². The minimum atomic E-state index is -0.714. The Labute approximate surface area is 169 Å². The average Bonchev–Trinajstić information content (AvgIpc) is 3.23. The number of hydrogen-bond donors (Lipinski definition) is 3. The third kappa shape index (κ3) is 4.41. The van der Waals surface area contributed by atoms with E-state index < -0.39 is 6.10 Å². The molecule has 3 aromatic rings. The summed E-state index contributed by atoms with van der Waals surface area (Å²) in [6.45, 7) is 3.56. The van der Waals surface area contributed by atoms with Crippen molar-refractivity contribution in [1.82, 2.24) is 15.5 Å². The number of benzene rings is 2. The van der Waals surface area contributed by atoms with Crippen LogP contribution in [-0.2, 0) is 0 Å². The van der Waals surface area contributed by atoms with E-state index >= 15 is 0 Å². The van der Waals surface area contributed by atoms with Gasteiger partial charge in [0.2, 0.25) is 0 Å². The zero-order valence-corrected chi connectivity index (χ0v) is 16.9. The third-order valence-electron chi connectivity index (χ3n) is 4.76. The summed E-state index contributed by atoms with van der Waals surface area (Å²) < 4.78 is 10.7. The monoisotopic (exact) mass is 395 g/mol. The zero-order chi connectivity index (χ0) is 21.0. The predicted octanol–water partition coefficient (Wildman–Crippen LogP) is 3.64. The van der Waals surface area contributed by atoms with Gasteiger partial charge in [0.15, 0.2) is 0 Å². The van der Waals surface area contributed by atoms with Crippen molar-refractivity contribution in [2.45, 2.75) is 26.0 Å². The van der Waals surface area contributed by atoms with Crippen LogP contribution in [0.1, 0.15) is 47.6 Å². The van der Waals surface area contributed by atoms with Gasteiger partial charge in [-0.25, -0.2) is 0 Å². The number of aliphatic hydroxyl groups excluding tert-OH is 1. The summed E-state index contributed by atoms with van der Waals surface area (Å²) in [7, 11) is 3.13. The normalized spacial score (nSPS) is 12.9. The van der Waals surface area contributed by atoms with E-state index in [0.29, 0.717) is 17.0 Å². The molecule has 3 N–H and O–H groups in total. The van der Waals surface area contributed by atoms with E-state index in [1.807, 2.05) is 37.3 Å². The fourth-order valence-electron chi connectivity index (χ4n) is 3.17. The fourth-order valence-corrected chi connectivity index (χ4v) is 3.17. The summed E-state index contributed by atoms with van der Waals surface area (Å²) in [6, 6.07) is 12.6. The summed E-state index contributed by atoms with van der Waals surface area (Å²) in [5.41, 5.74) is 3.45. The van der Waals surface area contributed by atoms with Crippen molar-refractivity contribution in [3.63, 3.8) is 0 Å². The number of methoxy groups -OCH3 is 2. The lowest BCUT2D eigenvalue weighted by molar-refractivity contribution is 0.0936. The number of rotatable bonds is 7. The molecule has 1 heterocycles. The van der Waals surface area contributed by atoms with Crippen LogP contribution in [0.5, 0.6) is 11.5 Å². The highest BCUT2D eigenvalue weighted by Crippen LogP contribution is 2.31. The smallest absolute Gasteiger partial charge is 0.255 e. The minimum absolute atomic E-state index is 0.210. The molecule has 0 bridgehead atoms. The van der Waals surface area contributed by atoms with Crippen molar-refractivity contribution in [3.8, 4) is 22.6 Å². The van der Waals surface area contributed by atoms with Crippen molar-refractivity contribution in [1.29, 1.82) is 0 Å². The molecule has 1 amide bonds. The molecule has 0 spiro atoms. The van der Waals surface area contributed by atoms with Crippen LogP contribution in [0.15, 0.2) is 48.7 Å². The number of aromatic nitrogens is 2. The molecule has 29 heavy (non-hydrogen) atoms. The number of carbonyl (C=O) groups excluding carboxylic acids is 1. The molecule has 7 nitrogen and oxygen atoms in total. The van der Waals surface area contributed by atoms with E-state index in [4.69, 9.17) is 9.47 Å². The molecule has 0 radical (unpaired) electrons. The van der Waals surface area contributed by atoms with E-state index in [9.17, 15) is 9.90 Å². The second-order valence-electron chi connectivity index (χ2n) is 6.75. The highest BCUT2D eigenvalue weighted by molar-refractivity contribution is 5.98. The number of H-pyrrole nitrogens is 1. The Hall–Kier alpha value is -3.32. The number of aliphatic hydroxyl groups is 1. The Balaban J connectivity index is 1.84. The van der Waals surface area contributed by atoms with Crippen LogP contribution in [0.3, 0.4) is 0 Å². The first-order valence-corrected chi connectivity index (χ1v) is 9.29. The van der Waals surface area contributed by atoms with Crippen molar-refractivity contribution < 1.29 is 19.4 Å². The molecule has 7 heteroatoms. The van der Waals surface area contributed by atoms with E-state index in [0.717, 1.165) is 22.4 Å². The molecule has 2 atom stereocenters. The summed E-state index contributed by atoms with van der Waals surface area (Å²) in [4.78, 5) is 12.9. The van der Waals surface area contributed by atoms with Crippen LogP contribution in [-0.4, -0.2) is 35.4 Å². The summed E-state index contributed by atoms with van der Waals surface area (Å²) in [6.07, 6.45) is 0.996. The first-order valence-electron chi connectivity index (χ1n) is 9.29. The molecule has 1 unspecified atom stereocenters. The molecule has 0 aliphatic rings. The molecule has 1 aromatic heterocycles. The maximum absolute atomic E-state index is 12.9. The lowest BCUT2D eigenvalue weighted by Gasteiger charge is -2.17. The molecule has 0 aliphatic carbocycles. The molecule has 0 fully saturated rings. The minimum Gasteiger partial charge on any atom is -0.497 e. The molecular formula is C22H25N3O4. The van der Waals surface area contributed by atoms with Gasteiger partial charge in [0.1, 0.15) is 11.5 Å². The van der Waals surface area contributed by atoms with Gasteiger partial charge in [-0.1, -0.05) is 18.2 Å². The lowest BCUT2D eigenvalue weighted by atomic mass is 10.0. The Kier molecular flexibility index (Phi) is 6.19. The van der Waals surface area contributed by atoms with Gasteiger partial charge in [0.05, 0.1) is 37.6 Å². The van der Waals surface area contributed by atoms with Crippen molar-refractivity contribution in [2.24, 2.45) is 0 Å². The SMILES string of the molecule is COc1cccc([C@@H](C)NC(=O)c2ccc(-c3c[nH]nc3C(C)O)cc2OC)c1. The first-order chi connectivity index (χ1) is 13.9. The van der Waals surface area contributed by atoms with Gasteiger partial charge in [-0.3, -0.25) is 9.89 Å². The quantitative estimate of drug-likeness (QED) is 0.568. The van der Waals surface area contributed by atoms with Gasteiger partial charge in [-0.15, -0.1) is 0 Å². The van der Waals surface area contributed by atoms with Crippen LogP contribution in [0.25, 0.3) is 11.1 Å².